The first kappa shape index (κ1) is 14.1. The van der Waals surface area contributed by atoms with Crippen LogP contribution < -0.4 is 4.74 Å². The maximum atomic E-state index is 12.1. The smallest absolute Gasteiger partial charge is 0.357 e. The largest absolute Gasteiger partial charge is 0.497 e. The lowest BCUT2D eigenvalue weighted by Gasteiger charge is -2.17. The molecule has 1 aromatic heterocycles. The van der Waals surface area contributed by atoms with E-state index < -0.39 is 0 Å². The molecule has 0 saturated carbocycles. The summed E-state index contributed by atoms with van der Waals surface area (Å²) in [6.07, 6.45) is 1.97. The molecule has 2 aromatic rings. The standard InChI is InChI=1S/C15H18N2O3/c1-4-14(11-6-5-7-12(10-11)19-3)20-15(18)13-8-9-16-17(13)2/h5-10,14H,4H2,1-3H3/t14-/m1/s1. The van der Waals surface area contributed by atoms with E-state index >= 15 is 0 Å². The Morgan fingerprint density at radius 2 is 2.20 bits per heavy atom. The summed E-state index contributed by atoms with van der Waals surface area (Å²) < 4.78 is 12.2. The third kappa shape index (κ3) is 2.99. The monoisotopic (exact) mass is 274 g/mol. The van der Waals surface area contributed by atoms with Crippen LogP contribution in [-0.2, 0) is 11.8 Å². The summed E-state index contributed by atoms with van der Waals surface area (Å²) in [4.78, 5) is 12.1. The van der Waals surface area contributed by atoms with Gasteiger partial charge < -0.3 is 9.47 Å². The number of carbonyl (C=O) groups is 1. The molecule has 0 spiro atoms. The van der Waals surface area contributed by atoms with E-state index in [0.717, 1.165) is 11.3 Å². The maximum Gasteiger partial charge on any atom is 0.357 e. The molecular weight excluding hydrogens is 256 g/mol. The van der Waals surface area contributed by atoms with Crippen molar-refractivity contribution in [1.82, 2.24) is 9.78 Å². The molecule has 0 aliphatic carbocycles. The molecule has 2 rings (SSSR count). The first-order chi connectivity index (χ1) is 9.65. The number of esters is 1. The van der Waals surface area contributed by atoms with Crippen LogP contribution in [0.2, 0.25) is 0 Å². The van der Waals surface area contributed by atoms with Crippen molar-refractivity contribution in [2.24, 2.45) is 7.05 Å². The average molecular weight is 274 g/mol. The molecule has 20 heavy (non-hydrogen) atoms. The number of hydrogen-bond acceptors (Lipinski definition) is 4. The number of nitrogens with zero attached hydrogens (tertiary/aromatic N) is 2. The lowest BCUT2D eigenvalue weighted by molar-refractivity contribution is 0.0274. The Morgan fingerprint density at radius 1 is 1.40 bits per heavy atom. The van der Waals surface area contributed by atoms with E-state index in [2.05, 4.69) is 5.10 Å². The third-order valence-electron chi connectivity index (χ3n) is 3.12. The van der Waals surface area contributed by atoms with Gasteiger partial charge in [-0.2, -0.15) is 5.10 Å². The van der Waals surface area contributed by atoms with E-state index in [1.807, 2.05) is 31.2 Å². The van der Waals surface area contributed by atoms with Crippen LogP contribution >= 0.6 is 0 Å². The second-order valence-electron chi connectivity index (χ2n) is 4.42. The zero-order valence-corrected chi connectivity index (χ0v) is 11.9. The van der Waals surface area contributed by atoms with Gasteiger partial charge in [-0.15, -0.1) is 0 Å². The van der Waals surface area contributed by atoms with Crippen LogP contribution in [0.15, 0.2) is 36.5 Å². The number of rotatable bonds is 5. The van der Waals surface area contributed by atoms with Gasteiger partial charge in [0.2, 0.25) is 0 Å². The van der Waals surface area contributed by atoms with Gasteiger partial charge >= 0.3 is 5.97 Å². The van der Waals surface area contributed by atoms with Crippen molar-refractivity contribution in [3.05, 3.63) is 47.8 Å². The van der Waals surface area contributed by atoms with Crippen LogP contribution in [0.5, 0.6) is 5.75 Å². The molecule has 0 N–H and O–H groups in total. The van der Waals surface area contributed by atoms with Crippen LogP contribution in [0.25, 0.3) is 0 Å². The number of ether oxygens (including phenoxy) is 2. The van der Waals surface area contributed by atoms with Crippen LogP contribution in [-0.4, -0.2) is 22.9 Å². The van der Waals surface area contributed by atoms with E-state index in [0.29, 0.717) is 12.1 Å². The topological polar surface area (TPSA) is 53.3 Å². The van der Waals surface area contributed by atoms with Crippen molar-refractivity contribution < 1.29 is 14.3 Å². The fourth-order valence-electron chi connectivity index (χ4n) is 1.99. The molecule has 1 heterocycles. The molecular formula is C15H18N2O3. The highest BCUT2D eigenvalue weighted by Crippen LogP contribution is 2.25. The Hall–Kier alpha value is -2.30. The van der Waals surface area contributed by atoms with Crippen molar-refractivity contribution in [2.45, 2.75) is 19.4 Å². The predicted octanol–water partition coefficient (Wildman–Crippen LogP) is 2.74. The minimum Gasteiger partial charge on any atom is -0.497 e. The summed E-state index contributed by atoms with van der Waals surface area (Å²) in [6, 6.07) is 9.19. The van der Waals surface area contributed by atoms with Gasteiger partial charge in [0.05, 0.1) is 7.11 Å². The highest BCUT2D eigenvalue weighted by molar-refractivity contribution is 5.87. The first-order valence-electron chi connectivity index (χ1n) is 6.48. The van der Waals surface area contributed by atoms with E-state index in [1.165, 1.54) is 4.68 Å². The van der Waals surface area contributed by atoms with E-state index in [-0.39, 0.29) is 12.1 Å². The summed E-state index contributed by atoms with van der Waals surface area (Å²) in [5, 5.41) is 3.97. The molecule has 0 aliphatic heterocycles. The summed E-state index contributed by atoms with van der Waals surface area (Å²) in [5.41, 5.74) is 1.36. The van der Waals surface area contributed by atoms with Gasteiger partial charge in [-0.3, -0.25) is 4.68 Å². The minimum atomic E-state index is -0.375. The molecule has 1 aromatic carbocycles. The fraction of sp³-hybridized carbons (Fsp3) is 0.333. The molecule has 0 saturated heterocycles. The molecule has 0 unspecified atom stereocenters. The van der Waals surface area contributed by atoms with Crippen LogP contribution in [0.4, 0.5) is 0 Å². The molecule has 0 radical (unpaired) electrons. The van der Waals surface area contributed by atoms with Crippen LogP contribution in [0.1, 0.15) is 35.5 Å². The van der Waals surface area contributed by atoms with Gasteiger partial charge in [0.25, 0.3) is 0 Å². The van der Waals surface area contributed by atoms with E-state index in [4.69, 9.17) is 9.47 Å². The second kappa shape index (κ2) is 6.23. The summed E-state index contributed by atoms with van der Waals surface area (Å²) in [6.45, 7) is 1.97. The highest BCUT2D eigenvalue weighted by atomic mass is 16.5. The third-order valence-corrected chi connectivity index (χ3v) is 3.12. The molecule has 0 bridgehead atoms. The zero-order valence-electron chi connectivity index (χ0n) is 11.9. The van der Waals surface area contributed by atoms with Gasteiger partial charge in [0.1, 0.15) is 17.5 Å². The SMILES string of the molecule is CC[C@@H](OC(=O)c1ccnn1C)c1cccc(OC)c1. The second-order valence-corrected chi connectivity index (χ2v) is 4.42. The Labute approximate surface area is 118 Å². The number of aryl methyl sites for hydroxylation is 1. The quantitative estimate of drug-likeness (QED) is 0.787. The molecule has 5 heteroatoms. The van der Waals surface area contributed by atoms with Gasteiger partial charge in [-0.1, -0.05) is 19.1 Å². The summed E-state index contributed by atoms with van der Waals surface area (Å²) in [7, 11) is 3.32. The lowest BCUT2D eigenvalue weighted by Crippen LogP contribution is -2.14. The summed E-state index contributed by atoms with van der Waals surface area (Å²) >= 11 is 0. The fourth-order valence-corrected chi connectivity index (χ4v) is 1.99. The Balaban J connectivity index is 2.16. The average Bonchev–Trinajstić information content (AvgIpc) is 2.90. The Kier molecular flexibility index (Phi) is 4.40. The number of benzene rings is 1. The van der Waals surface area contributed by atoms with Crippen LogP contribution in [0, 0.1) is 0 Å². The highest BCUT2D eigenvalue weighted by Gasteiger charge is 2.18. The Bertz CT molecular complexity index is 592. The van der Waals surface area contributed by atoms with E-state index in [9.17, 15) is 4.79 Å². The molecule has 0 amide bonds. The maximum absolute atomic E-state index is 12.1. The van der Waals surface area contributed by atoms with Crippen molar-refractivity contribution in [2.75, 3.05) is 7.11 Å². The van der Waals surface area contributed by atoms with Gasteiger partial charge in [-0.25, -0.2) is 4.79 Å². The number of aromatic nitrogens is 2. The lowest BCUT2D eigenvalue weighted by atomic mass is 10.1. The Morgan fingerprint density at radius 3 is 2.80 bits per heavy atom. The number of hydrogen-bond donors (Lipinski definition) is 0. The zero-order chi connectivity index (χ0) is 14.5. The molecule has 5 nitrogen and oxygen atoms in total. The minimum absolute atomic E-state index is 0.299. The number of carbonyl (C=O) groups excluding carboxylic acids is 1. The normalized spacial score (nSPS) is 11.9. The van der Waals surface area contributed by atoms with E-state index in [1.54, 1.807) is 26.4 Å². The summed E-state index contributed by atoms with van der Waals surface area (Å²) in [5.74, 6) is 0.372. The molecule has 106 valence electrons. The van der Waals surface area contributed by atoms with Gasteiger partial charge in [0.15, 0.2) is 0 Å². The van der Waals surface area contributed by atoms with Crippen molar-refractivity contribution in [1.29, 1.82) is 0 Å². The van der Waals surface area contributed by atoms with Gasteiger partial charge in [-0.05, 0) is 30.2 Å². The van der Waals surface area contributed by atoms with Crippen molar-refractivity contribution in [3.63, 3.8) is 0 Å². The molecule has 1 atom stereocenters. The van der Waals surface area contributed by atoms with Crippen molar-refractivity contribution in [3.8, 4) is 5.75 Å². The molecule has 0 aliphatic rings. The first-order valence-corrected chi connectivity index (χ1v) is 6.48. The number of methoxy groups -OCH3 is 1. The van der Waals surface area contributed by atoms with Crippen molar-refractivity contribution >= 4 is 5.97 Å². The predicted molar refractivity (Wildman–Crippen MR) is 74.6 cm³/mol. The van der Waals surface area contributed by atoms with Gasteiger partial charge in [0, 0.05) is 13.2 Å². The molecule has 0 fully saturated rings. The van der Waals surface area contributed by atoms with Crippen LogP contribution in [0.3, 0.4) is 0 Å².